The first-order valence-electron chi connectivity index (χ1n) is 6.35. The van der Waals surface area contributed by atoms with Gasteiger partial charge in [-0.05, 0) is 34.1 Å². The predicted molar refractivity (Wildman–Crippen MR) is 86.6 cm³/mol. The first kappa shape index (κ1) is 13.8. The van der Waals surface area contributed by atoms with Crippen LogP contribution in [0.2, 0.25) is 0 Å². The highest BCUT2D eigenvalue weighted by Gasteiger charge is 2.12. The highest BCUT2D eigenvalue weighted by molar-refractivity contribution is 9.10. The molecule has 0 radical (unpaired) electrons. The normalized spacial score (nSPS) is 12.9. The fourth-order valence-corrected chi connectivity index (χ4v) is 3.81. The molecule has 3 N–H and O–H groups in total. The second-order valence-electron chi connectivity index (χ2n) is 4.68. The predicted octanol–water partition coefficient (Wildman–Crippen LogP) is 2.93. The minimum Gasteiger partial charge on any atom is -0.329 e. The number of para-hydroxylation sites is 2. The van der Waals surface area contributed by atoms with Crippen molar-refractivity contribution in [3.63, 3.8) is 0 Å². The first-order chi connectivity index (χ1) is 9.76. The van der Waals surface area contributed by atoms with Crippen molar-refractivity contribution in [1.82, 2.24) is 15.0 Å². The number of aromatic nitrogens is 2. The summed E-state index contributed by atoms with van der Waals surface area (Å²) in [4.78, 5) is 5.72. The van der Waals surface area contributed by atoms with Gasteiger partial charge in [-0.25, -0.2) is 4.98 Å². The monoisotopic (exact) mass is 350 g/mol. The summed E-state index contributed by atoms with van der Waals surface area (Å²) < 4.78 is 3.27. The zero-order chi connectivity index (χ0) is 13.9. The van der Waals surface area contributed by atoms with Crippen LogP contribution >= 0.6 is 27.3 Å². The van der Waals surface area contributed by atoms with Gasteiger partial charge in [0.25, 0.3) is 0 Å². The van der Waals surface area contributed by atoms with E-state index < -0.39 is 0 Å². The number of nitrogens with zero attached hydrogens (tertiary/aromatic N) is 2. The van der Waals surface area contributed by atoms with Crippen LogP contribution in [-0.2, 0) is 13.0 Å². The SMILES string of the molecule is NNC(Cc1cc(Br)cs1)Cn1cnc2ccccc21. The molecule has 0 aliphatic carbocycles. The second kappa shape index (κ2) is 6.05. The van der Waals surface area contributed by atoms with Crippen molar-refractivity contribution in [2.75, 3.05) is 0 Å². The molecule has 4 nitrogen and oxygen atoms in total. The third-order valence-corrected chi connectivity index (χ3v) is 4.97. The molecule has 2 aromatic heterocycles. The molecule has 0 spiro atoms. The van der Waals surface area contributed by atoms with Gasteiger partial charge >= 0.3 is 0 Å². The molecule has 6 heteroatoms. The summed E-state index contributed by atoms with van der Waals surface area (Å²) in [6.45, 7) is 0.798. The van der Waals surface area contributed by atoms with E-state index in [2.05, 4.69) is 48.4 Å². The maximum absolute atomic E-state index is 5.70. The first-order valence-corrected chi connectivity index (χ1v) is 8.02. The molecule has 1 atom stereocenters. The van der Waals surface area contributed by atoms with Crippen LogP contribution in [0.5, 0.6) is 0 Å². The lowest BCUT2D eigenvalue weighted by atomic mass is 10.2. The van der Waals surface area contributed by atoms with Gasteiger partial charge in [0, 0.05) is 33.7 Å². The number of nitrogens with two attached hydrogens (primary N) is 1. The number of hydrogen-bond donors (Lipinski definition) is 2. The lowest BCUT2D eigenvalue weighted by Gasteiger charge is -2.16. The highest BCUT2D eigenvalue weighted by Crippen LogP contribution is 2.21. The lowest BCUT2D eigenvalue weighted by Crippen LogP contribution is -2.39. The number of imidazole rings is 1. The van der Waals surface area contributed by atoms with Gasteiger partial charge in [-0.1, -0.05) is 12.1 Å². The van der Waals surface area contributed by atoms with Gasteiger partial charge in [0.15, 0.2) is 0 Å². The summed E-state index contributed by atoms with van der Waals surface area (Å²) in [5.41, 5.74) is 5.06. The minimum atomic E-state index is 0.179. The molecule has 104 valence electrons. The minimum absolute atomic E-state index is 0.179. The Kier molecular flexibility index (Phi) is 4.16. The average molecular weight is 351 g/mol. The van der Waals surface area contributed by atoms with Crippen molar-refractivity contribution in [1.29, 1.82) is 0 Å². The zero-order valence-electron chi connectivity index (χ0n) is 10.8. The van der Waals surface area contributed by atoms with Crippen LogP contribution in [0, 0.1) is 0 Å². The lowest BCUT2D eigenvalue weighted by molar-refractivity contribution is 0.463. The van der Waals surface area contributed by atoms with Crippen molar-refractivity contribution in [3.8, 4) is 0 Å². The summed E-state index contributed by atoms with van der Waals surface area (Å²) in [7, 11) is 0. The molecule has 0 aliphatic heterocycles. The van der Waals surface area contributed by atoms with Crippen molar-refractivity contribution in [3.05, 3.63) is 51.4 Å². The molecular formula is C14H15BrN4S. The fourth-order valence-electron chi connectivity index (χ4n) is 2.27. The summed E-state index contributed by atoms with van der Waals surface area (Å²) in [5, 5.41) is 2.09. The van der Waals surface area contributed by atoms with E-state index in [9.17, 15) is 0 Å². The number of hydrogen-bond acceptors (Lipinski definition) is 4. The van der Waals surface area contributed by atoms with Gasteiger partial charge in [0.2, 0.25) is 0 Å². The number of thiophene rings is 1. The summed E-state index contributed by atoms with van der Waals surface area (Å²) in [6.07, 6.45) is 2.78. The standard InChI is InChI=1S/C14H15BrN4S/c15-10-5-12(20-8-10)6-11(18-16)7-19-9-17-13-3-1-2-4-14(13)19/h1-5,8-9,11,18H,6-7,16H2. The average Bonchev–Trinajstić information content (AvgIpc) is 3.05. The van der Waals surface area contributed by atoms with Crippen LogP contribution < -0.4 is 11.3 Å². The smallest absolute Gasteiger partial charge is 0.0958 e. The number of fused-ring (bicyclic) bond motifs is 1. The summed E-state index contributed by atoms with van der Waals surface area (Å²) in [6, 6.07) is 10.5. The van der Waals surface area contributed by atoms with E-state index in [-0.39, 0.29) is 6.04 Å². The Balaban J connectivity index is 1.77. The van der Waals surface area contributed by atoms with Gasteiger partial charge in [-0.15, -0.1) is 11.3 Å². The molecule has 2 heterocycles. The molecule has 20 heavy (non-hydrogen) atoms. The fraction of sp³-hybridized carbons (Fsp3) is 0.214. The van der Waals surface area contributed by atoms with E-state index in [4.69, 9.17) is 5.84 Å². The third kappa shape index (κ3) is 2.93. The van der Waals surface area contributed by atoms with Gasteiger partial charge in [0.05, 0.1) is 17.4 Å². The molecule has 0 bridgehead atoms. The molecule has 1 unspecified atom stereocenters. The van der Waals surface area contributed by atoms with E-state index >= 15 is 0 Å². The van der Waals surface area contributed by atoms with Gasteiger partial charge in [-0.3, -0.25) is 11.3 Å². The zero-order valence-corrected chi connectivity index (χ0v) is 13.2. The quantitative estimate of drug-likeness (QED) is 0.549. The Morgan fingerprint density at radius 1 is 1.40 bits per heavy atom. The topological polar surface area (TPSA) is 55.9 Å². The van der Waals surface area contributed by atoms with Crippen LogP contribution in [-0.4, -0.2) is 15.6 Å². The largest absolute Gasteiger partial charge is 0.329 e. The Labute approximate surface area is 129 Å². The van der Waals surface area contributed by atoms with Crippen LogP contribution in [0.15, 0.2) is 46.5 Å². The number of nitrogens with one attached hydrogen (secondary N) is 1. The second-order valence-corrected chi connectivity index (χ2v) is 6.60. The highest BCUT2D eigenvalue weighted by atomic mass is 79.9. The third-order valence-electron chi connectivity index (χ3n) is 3.25. The summed E-state index contributed by atoms with van der Waals surface area (Å²) in [5.74, 6) is 5.70. The molecule has 1 aromatic carbocycles. The van der Waals surface area contributed by atoms with Crippen LogP contribution in [0.3, 0.4) is 0 Å². The van der Waals surface area contributed by atoms with E-state index in [1.54, 1.807) is 11.3 Å². The molecule has 3 rings (SSSR count). The van der Waals surface area contributed by atoms with Gasteiger partial charge < -0.3 is 4.57 Å². The Bertz CT molecular complexity index is 706. The van der Waals surface area contributed by atoms with E-state index in [0.29, 0.717) is 0 Å². The molecule has 0 saturated heterocycles. The molecule has 0 saturated carbocycles. The van der Waals surface area contributed by atoms with E-state index in [1.165, 1.54) is 4.88 Å². The number of halogens is 1. The van der Waals surface area contributed by atoms with Crippen molar-refractivity contribution in [2.45, 2.75) is 19.0 Å². The van der Waals surface area contributed by atoms with Crippen LogP contribution in [0.4, 0.5) is 0 Å². The molecule has 0 fully saturated rings. The summed E-state index contributed by atoms with van der Waals surface area (Å²) >= 11 is 5.22. The Hall–Kier alpha value is -1.21. The van der Waals surface area contributed by atoms with Gasteiger partial charge in [0.1, 0.15) is 0 Å². The van der Waals surface area contributed by atoms with Gasteiger partial charge in [-0.2, -0.15) is 0 Å². The molecule has 0 amide bonds. The Morgan fingerprint density at radius 3 is 3.00 bits per heavy atom. The number of benzene rings is 1. The van der Waals surface area contributed by atoms with Crippen molar-refractivity contribution >= 4 is 38.3 Å². The van der Waals surface area contributed by atoms with Crippen LogP contribution in [0.1, 0.15) is 4.88 Å². The number of rotatable bonds is 5. The number of hydrazine groups is 1. The van der Waals surface area contributed by atoms with Crippen molar-refractivity contribution in [2.24, 2.45) is 5.84 Å². The molecular weight excluding hydrogens is 336 g/mol. The Morgan fingerprint density at radius 2 is 2.25 bits per heavy atom. The maximum atomic E-state index is 5.70. The van der Waals surface area contributed by atoms with E-state index in [1.807, 2.05) is 24.5 Å². The molecule has 0 aliphatic rings. The van der Waals surface area contributed by atoms with Crippen molar-refractivity contribution < 1.29 is 0 Å². The molecule has 3 aromatic rings. The van der Waals surface area contributed by atoms with E-state index in [0.717, 1.165) is 28.5 Å². The van der Waals surface area contributed by atoms with Crippen LogP contribution in [0.25, 0.3) is 11.0 Å². The maximum Gasteiger partial charge on any atom is 0.0958 e.